The first-order chi connectivity index (χ1) is 7.00. The molecule has 1 rings (SSSR count). The van der Waals surface area contributed by atoms with Crippen LogP contribution >= 0.6 is 0 Å². The average molecular weight is 205 g/mol. The minimum absolute atomic E-state index is 0.0840. The molecule has 0 aromatic heterocycles. The number of hydrogen-bond donors (Lipinski definition) is 0. The molecule has 1 atom stereocenters. The summed E-state index contributed by atoms with van der Waals surface area (Å²) in [5.41, 5.74) is 2.22. The predicted molar refractivity (Wildman–Crippen MR) is 64.9 cm³/mol. The molecule has 0 spiro atoms. The van der Waals surface area contributed by atoms with Gasteiger partial charge in [0.05, 0.1) is 0 Å². The van der Waals surface area contributed by atoms with E-state index >= 15 is 0 Å². The van der Waals surface area contributed by atoms with Gasteiger partial charge in [-0.05, 0) is 45.6 Å². The quantitative estimate of drug-likeness (QED) is 0.701. The van der Waals surface area contributed by atoms with Crippen molar-refractivity contribution in [3.63, 3.8) is 0 Å². The lowest BCUT2D eigenvalue weighted by molar-refractivity contribution is 0.0815. The smallest absolute Gasteiger partial charge is 0.149 e. The Morgan fingerprint density at radius 1 is 1.27 bits per heavy atom. The molecule has 0 radical (unpaired) electrons. The summed E-state index contributed by atoms with van der Waals surface area (Å²) in [4.78, 5) is 2.02. The number of rotatable bonds is 4. The molecule has 1 aromatic rings. The molecule has 0 amide bonds. The third-order valence-electron chi connectivity index (χ3n) is 2.38. The van der Waals surface area contributed by atoms with Gasteiger partial charge in [-0.15, -0.1) is 0 Å². The fraction of sp³-hybridized carbons (Fsp3) is 0.385. The molecule has 2 nitrogen and oxygen atoms in total. The molecule has 2 heteroatoms. The van der Waals surface area contributed by atoms with Crippen LogP contribution in [0.3, 0.4) is 0 Å². The lowest BCUT2D eigenvalue weighted by Crippen LogP contribution is -2.30. The fourth-order valence-corrected chi connectivity index (χ4v) is 1.12. The van der Waals surface area contributed by atoms with Crippen LogP contribution in [0.25, 0.3) is 5.57 Å². The van der Waals surface area contributed by atoms with Crippen molar-refractivity contribution >= 4 is 5.57 Å². The summed E-state index contributed by atoms with van der Waals surface area (Å²) in [6.45, 7) is 7.91. The molecule has 0 fully saturated rings. The number of nitrogens with zero attached hydrogens (tertiary/aromatic N) is 1. The van der Waals surface area contributed by atoms with E-state index in [2.05, 4.69) is 6.58 Å². The third kappa shape index (κ3) is 3.40. The van der Waals surface area contributed by atoms with E-state index in [1.165, 1.54) is 0 Å². The van der Waals surface area contributed by atoms with Crippen molar-refractivity contribution in [2.24, 2.45) is 0 Å². The molecular weight excluding hydrogens is 186 g/mol. The second-order valence-corrected chi connectivity index (χ2v) is 3.99. The highest BCUT2D eigenvalue weighted by molar-refractivity contribution is 5.61. The van der Waals surface area contributed by atoms with Gasteiger partial charge in [-0.3, -0.25) is 4.90 Å². The molecule has 82 valence electrons. The summed E-state index contributed by atoms with van der Waals surface area (Å²) in [6.07, 6.45) is 0.0840. The van der Waals surface area contributed by atoms with E-state index in [1.807, 2.05) is 57.1 Å². The maximum absolute atomic E-state index is 5.71. The highest BCUT2D eigenvalue weighted by atomic mass is 16.5. The first-order valence-corrected chi connectivity index (χ1v) is 5.09. The van der Waals surface area contributed by atoms with Gasteiger partial charge < -0.3 is 4.74 Å². The van der Waals surface area contributed by atoms with Crippen LogP contribution in [0.2, 0.25) is 0 Å². The summed E-state index contributed by atoms with van der Waals surface area (Å²) in [5.74, 6) is 0.890. The SMILES string of the molecule is C=C(C)c1ccc(OC(C)N(C)C)cc1. The first-order valence-electron chi connectivity index (χ1n) is 5.09. The Kier molecular flexibility index (Phi) is 3.92. The molecule has 0 bridgehead atoms. The minimum Gasteiger partial charge on any atom is -0.475 e. The van der Waals surface area contributed by atoms with Crippen LogP contribution in [0, 0.1) is 0 Å². The summed E-state index contributed by atoms with van der Waals surface area (Å²) in [7, 11) is 3.99. The molecule has 0 aliphatic carbocycles. The van der Waals surface area contributed by atoms with Crippen molar-refractivity contribution in [3.8, 4) is 5.75 Å². The van der Waals surface area contributed by atoms with Gasteiger partial charge in [-0.2, -0.15) is 0 Å². The molecule has 0 N–H and O–H groups in total. The first kappa shape index (κ1) is 11.8. The van der Waals surface area contributed by atoms with E-state index in [0.717, 1.165) is 16.9 Å². The van der Waals surface area contributed by atoms with E-state index in [-0.39, 0.29) is 6.23 Å². The Labute approximate surface area is 92.2 Å². The van der Waals surface area contributed by atoms with Crippen molar-refractivity contribution in [2.75, 3.05) is 14.1 Å². The van der Waals surface area contributed by atoms with Crippen LogP contribution in [0.15, 0.2) is 30.8 Å². The zero-order chi connectivity index (χ0) is 11.4. The maximum atomic E-state index is 5.71. The van der Waals surface area contributed by atoms with Crippen molar-refractivity contribution < 1.29 is 4.74 Å². The van der Waals surface area contributed by atoms with Gasteiger partial charge in [0.2, 0.25) is 0 Å². The molecule has 0 heterocycles. The Balaban J connectivity index is 2.68. The summed E-state index contributed by atoms with van der Waals surface area (Å²) in [5, 5.41) is 0. The van der Waals surface area contributed by atoms with Gasteiger partial charge in [-0.1, -0.05) is 24.3 Å². The zero-order valence-electron chi connectivity index (χ0n) is 9.95. The highest BCUT2D eigenvalue weighted by Gasteiger charge is 2.05. The van der Waals surface area contributed by atoms with Gasteiger partial charge in [-0.25, -0.2) is 0 Å². The monoisotopic (exact) mass is 205 g/mol. The number of hydrogen-bond acceptors (Lipinski definition) is 2. The third-order valence-corrected chi connectivity index (χ3v) is 2.38. The average Bonchev–Trinajstić information content (AvgIpc) is 2.18. The van der Waals surface area contributed by atoms with Crippen LogP contribution in [0.4, 0.5) is 0 Å². The van der Waals surface area contributed by atoms with Crippen LogP contribution in [0.5, 0.6) is 5.75 Å². The largest absolute Gasteiger partial charge is 0.475 e. The summed E-state index contributed by atoms with van der Waals surface area (Å²) >= 11 is 0. The lowest BCUT2D eigenvalue weighted by atomic mass is 10.1. The number of benzene rings is 1. The van der Waals surface area contributed by atoms with Gasteiger partial charge in [0.1, 0.15) is 12.0 Å². The standard InChI is InChI=1S/C13H19NO/c1-10(2)12-6-8-13(9-7-12)15-11(3)14(4)5/h6-9,11H,1H2,2-5H3. The molecule has 1 aromatic carbocycles. The Hall–Kier alpha value is -1.28. The Morgan fingerprint density at radius 2 is 1.80 bits per heavy atom. The van der Waals surface area contributed by atoms with Gasteiger partial charge in [0, 0.05) is 0 Å². The molecule has 0 aliphatic rings. The molecule has 0 saturated carbocycles. The van der Waals surface area contributed by atoms with E-state index in [4.69, 9.17) is 4.74 Å². The van der Waals surface area contributed by atoms with Crippen molar-refractivity contribution in [1.82, 2.24) is 4.90 Å². The van der Waals surface area contributed by atoms with Crippen molar-refractivity contribution in [2.45, 2.75) is 20.1 Å². The number of ether oxygens (including phenoxy) is 1. The van der Waals surface area contributed by atoms with Crippen LogP contribution < -0.4 is 4.74 Å². The molecule has 0 saturated heterocycles. The highest BCUT2D eigenvalue weighted by Crippen LogP contribution is 2.18. The van der Waals surface area contributed by atoms with Gasteiger partial charge >= 0.3 is 0 Å². The Morgan fingerprint density at radius 3 is 2.20 bits per heavy atom. The maximum Gasteiger partial charge on any atom is 0.149 e. The van der Waals surface area contributed by atoms with E-state index in [1.54, 1.807) is 0 Å². The van der Waals surface area contributed by atoms with Crippen molar-refractivity contribution in [1.29, 1.82) is 0 Å². The topological polar surface area (TPSA) is 12.5 Å². The lowest BCUT2D eigenvalue weighted by Gasteiger charge is -2.21. The van der Waals surface area contributed by atoms with E-state index in [0.29, 0.717) is 0 Å². The second-order valence-electron chi connectivity index (χ2n) is 3.99. The summed E-state index contributed by atoms with van der Waals surface area (Å²) in [6, 6.07) is 8.01. The number of allylic oxidation sites excluding steroid dienone is 1. The van der Waals surface area contributed by atoms with Crippen molar-refractivity contribution in [3.05, 3.63) is 36.4 Å². The zero-order valence-corrected chi connectivity index (χ0v) is 9.95. The van der Waals surface area contributed by atoms with Crippen LogP contribution in [-0.2, 0) is 0 Å². The van der Waals surface area contributed by atoms with Crippen LogP contribution in [-0.4, -0.2) is 25.2 Å². The molecule has 15 heavy (non-hydrogen) atoms. The van der Waals surface area contributed by atoms with E-state index in [9.17, 15) is 0 Å². The molecule has 1 unspecified atom stereocenters. The molecule has 0 aliphatic heterocycles. The summed E-state index contributed by atoms with van der Waals surface area (Å²) < 4.78 is 5.71. The fourth-order valence-electron chi connectivity index (χ4n) is 1.12. The predicted octanol–water partition coefficient (Wildman–Crippen LogP) is 3.01. The van der Waals surface area contributed by atoms with E-state index < -0.39 is 0 Å². The second kappa shape index (κ2) is 4.99. The van der Waals surface area contributed by atoms with Gasteiger partial charge in [0.15, 0.2) is 0 Å². The molecular formula is C13H19NO. The van der Waals surface area contributed by atoms with Crippen LogP contribution in [0.1, 0.15) is 19.4 Å². The Bertz CT molecular complexity index is 327. The minimum atomic E-state index is 0.0840. The normalized spacial score (nSPS) is 12.6. The van der Waals surface area contributed by atoms with Gasteiger partial charge in [0.25, 0.3) is 0 Å².